The first-order valence-electron chi connectivity index (χ1n) is 1.69. The summed E-state index contributed by atoms with van der Waals surface area (Å²) in [6, 6.07) is 0. The monoisotopic (exact) mass is 328 g/mol. The predicted molar refractivity (Wildman–Crippen MR) is 44.9 cm³/mol. The lowest BCUT2D eigenvalue weighted by molar-refractivity contribution is -0.113. The van der Waals surface area contributed by atoms with Crippen molar-refractivity contribution in [2.75, 3.05) is 8.86 Å². The summed E-state index contributed by atoms with van der Waals surface area (Å²) in [5.41, 5.74) is 0. The molecule has 0 saturated heterocycles. The van der Waals surface area contributed by atoms with Gasteiger partial charge in [0.15, 0.2) is 5.79 Å². The summed E-state index contributed by atoms with van der Waals surface area (Å²) in [4.78, 5) is 0. The van der Waals surface area contributed by atoms with Gasteiger partial charge in [0.25, 0.3) is 0 Å². The highest BCUT2D eigenvalue weighted by Gasteiger charge is 2.17. The lowest BCUT2D eigenvalue weighted by Crippen LogP contribution is -2.31. The van der Waals surface area contributed by atoms with E-state index in [0.29, 0.717) is 8.86 Å². The van der Waals surface area contributed by atoms with Crippen LogP contribution in [0.1, 0.15) is 0 Å². The van der Waals surface area contributed by atoms with E-state index >= 15 is 0 Å². The fourth-order valence-electron chi connectivity index (χ4n) is 0.0357. The molecule has 7 heavy (non-hydrogen) atoms. The summed E-state index contributed by atoms with van der Waals surface area (Å²) in [5.74, 6) is -1.44. The summed E-state index contributed by atoms with van der Waals surface area (Å²) in [6.45, 7) is 0. The van der Waals surface area contributed by atoms with Gasteiger partial charge >= 0.3 is 0 Å². The second kappa shape index (κ2) is 3.41. The SMILES string of the molecule is OC(O)(CI)CI. The van der Waals surface area contributed by atoms with Crippen molar-refractivity contribution in [3.63, 3.8) is 0 Å². The van der Waals surface area contributed by atoms with Gasteiger partial charge in [0, 0.05) is 0 Å². The number of aliphatic hydroxyl groups is 2. The summed E-state index contributed by atoms with van der Waals surface area (Å²) < 4.78 is 0.737. The molecule has 0 aliphatic carbocycles. The zero-order chi connectivity index (χ0) is 5.91. The van der Waals surface area contributed by atoms with Crippen LogP contribution >= 0.6 is 45.2 Å². The third kappa shape index (κ3) is 3.92. The Balaban J connectivity index is 3.36. The predicted octanol–water partition coefficient (Wildman–Crippen LogP) is 0.537. The quantitative estimate of drug-likeness (QED) is 0.441. The molecule has 44 valence electrons. The van der Waals surface area contributed by atoms with E-state index < -0.39 is 5.79 Å². The van der Waals surface area contributed by atoms with Crippen LogP contribution in [0.25, 0.3) is 0 Å². The van der Waals surface area contributed by atoms with E-state index in [1.165, 1.54) is 0 Å². The van der Waals surface area contributed by atoms with Crippen LogP contribution in [0.15, 0.2) is 0 Å². The Hall–Kier alpha value is 1.38. The van der Waals surface area contributed by atoms with Gasteiger partial charge in [-0.2, -0.15) is 0 Å². The van der Waals surface area contributed by atoms with E-state index in [1.54, 1.807) is 0 Å². The number of rotatable bonds is 2. The van der Waals surface area contributed by atoms with Crippen molar-refractivity contribution < 1.29 is 10.2 Å². The maximum atomic E-state index is 8.67. The summed E-state index contributed by atoms with van der Waals surface area (Å²) >= 11 is 3.85. The van der Waals surface area contributed by atoms with Crippen LogP contribution in [0.5, 0.6) is 0 Å². The van der Waals surface area contributed by atoms with Gasteiger partial charge in [-0.1, -0.05) is 45.2 Å². The second-order valence-corrected chi connectivity index (χ2v) is 2.78. The molecule has 0 aromatic rings. The molecule has 0 aliphatic heterocycles. The molecular formula is C3H6I2O2. The van der Waals surface area contributed by atoms with Crippen molar-refractivity contribution in [1.82, 2.24) is 0 Å². The molecule has 0 rings (SSSR count). The van der Waals surface area contributed by atoms with Gasteiger partial charge < -0.3 is 10.2 Å². The van der Waals surface area contributed by atoms with Gasteiger partial charge in [-0.05, 0) is 0 Å². The minimum absolute atomic E-state index is 0.369. The fourth-order valence-corrected chi connectivity index (χ4v) is 1.61. The average Bonchev–Trinajstić information content (AvgIpc) is 1.68. The lowest BCUT2D eigenvalue weighted by Gasteiger charge is -2.13. The molecule has 0 aromatic carbocycles. The van der Waals surface area contributed by atoms with E-state index in [4.69, 9.17) is 10.2 Å². The number of alkyl halides is 2. The third-order valence-corrected chi connectivity index (χ3v) is 2.87. The first-order valence-corrected chi connectivity index (χ1v) is 4.74. The largest absolute Gasteiger partial charge is 0.364 e. The molecule has 0 bridgehead atoms. The van der Waals surface area contributed by atoms with Crippen molar-refractivity contribution in [1.29, 1.82) is 0 Å². The standard InChI is InChI=1S/C3H6I2O2/c4-1-3(6,7)2-5/h6-7H,1-2H2. The average molecular weight is 328 g/mol. The Morgan fingerprint density at radius 2 is 1.43 bits per heavy atom. The van der Waals surface area contributed by atoms with E-state index in [9.17, 15) is 0 Å². The zero-order valence-electron chi connectivity index (χ0n) is 3.56. The molecule has 0 fully saturated rings. The molecule has 0 radical (unpaired) electrons. The number of hydrogen-bond donors (Lipinski definition) is 2. The number of hydrogen-bond acceptors (Lipinski definition) is 2. The Kier molecular flexibility index (Phi) is 4.09. The van der Waals surface area contributed by atoms with Crippen LogP contribution in [0.3, 0.4) is 0 Å². The molecule has 2 nitrogen and oxygen atoms in total. The maximum absolute atomic E-state index is 8.67. The first-order chi connectivity index (χ1) is 3.12. The van der Waals surface area contributed by atoms with Crippen LogP contribution in [0, 0.1) is 0 Å². The molecule has 0 saturated carbocycles. The lowest BCUT2D eigenvalue weighted by atomic mass is 10.4. The van der Waals surface area contributed by atoms with Crippen LogP contribution in [0.4, 0.5) is 0 Å². The molecule has 2 N–H and O–H groups in total. The normalized spacial score (nSPS) is 12.0. The minimum Gasteiger partial charge on any atom is -0.364 e. The highest BCUT2D eigenvalue weighted by atomic mass is 127. The summed E-state index contributed by atoms with van der Waals surface area (Å²) in [6.07, 6.45) is 0. The third-order valence-electron chi connectivity index (χ3n) is 0.428. The van der Waals surface area contributed by atoms with Crippen LogP contribution < -0.4 is 0 Å². The Morgan fingerprint density at radius 3 is 1.43 bits per heavy atom. The first kappa shape index (κ1) is 8.38. The van der Waals surface area contributed by atoms with Crippen molar-refractivity contribution in [2.45, 2.75) is 5.79 Å². The highest BCUT2D eigenvalue weighted by molar-refractivity contribution is 14.1. The van der Waals surface area contributed by atoms with Gasteiger partial charge in [0.05, 0.1) is 8.86 Å². The van der Waals surface area contributed by atoms with E-state index in [1.807, 2.05) is 45.2 Å². The number of halogens is 2. The molecular weight excluding hydrogens is 322 g/mol. The fraction of sp³-hybridized carbons (Fsp3) is 1.00. The topological polar surface area (TPSA) is 40.5 Å². The van der Waals surface area contributed by atoms with Crippen molar-refractivity contribution >= 4 is 45.2 Å². The minimum atomic E-state index is -1.44. The van der Waals surface area contributed by atoms with Gasteiger partial charge in [-0.3, -0.25) is 0 Å². The molecule has 0 heterocycles. The van der Waals surface area contributed by atoms with Crippen molar-refractivity contribution in [2.24, 2.45) is 0 Å². The van der Waals surface area contributed by atoms with Crippen molar-refractivity contribution in [3.05, 3.63) is 0 Å². The van der Waals surface area contributed by atoms with E-state index in [0.717, 1.165) is 0 Å². The Labute approximate surface area is 69.6 Å². The van der Waals surface area contributed by atoms with E-state index in [-0.39, 0.29) is 0 Å². The molecule has 0 atom stereocenters. The Bertz CT molecular complexity index is 48.9. The molecule has 4 heteroatoms. The summed E-state index contributed by atoms with van der Waals surface area (Å²) in [5, 5.41) is 17.3. The summed E-state index contributed by atoms with van der Waals surface area (Å²) in [7, 11) is 0. The second-order valence-electron chi connectivity index (χ2n) is 1.25. The van der Waals surface area contributed by atoms with Crippen LogP contribution in [0.2, 0.25) is 0 Å². The van der Waals surface area contributed by atoms with Gasteiger partial charge in [0.2, 0.25) is 0 Å². The molecule has 0 aliphatic rings. The van der Waals surface area contributed by atoms with Gasteiger partial charge in [0.1, 0.15) is 0 Å². The molecule has 0 aromatic heterocycles. The maximum Gasteiger partial charge on any atom is 0.180 e. The zero-order valence-corrected chi connectivity index (χ0v) is 7.88. The Morgan fingerprint density at radius 1 is 1.14 bits per heavy atom. The highest BCUT2D eigenvalue weighted by Crippen LogP contribution is 2.06. The molecule has 0 amide bonds. The van der Waals surface area contributed by atoms with E-state index in [2.05, 4.69) is 0 Å². The van der Waals surface area contributed by atoms with Gasteiger partial charge in [-0.15, -0.1) is 0 Å². The van der Waals surface area contributed by atoms with Crippen LogP contribution in [-0.4, -0.2) is 24.9 Å². The smallest absolute Gasteiger partial charge is 0.180 e. The molecule has 0 spiro atoms. The van der Waals surface area contributed by atoms with Gasteiger partial charge in [-0.25, -0.2) is 0 Å². The molecule has 0 unspecified atom stereocenters. The van der Waals surface area contributed by atoms with Crippen LogP contribution in [-0.2, 0) is 0 Å². The van der Waals surface area contributed by atoms with Crippen molar-refractivity contribution in [3.8, 4) is 0 Å².